The van der Waals surface area contributed by atoms with Gasteiger partial charge >= 0.3 is 42.4 Å². The van der Waals surface area contributed by atoms with Crippen LogP contribution in [0.15, 0.2) is 72.8 Å². The fraction of sp³-hybridized carbons (Fsp3) is 0. The minimum atomic E-state index is -1.28. The minimum Gasteiger partial charge on any atom is -0.545 e. The summed E-state index contributed by atoms with van der Waals surface area (Å²) in [5.74, 6) is -2.56. The summed E-state index contributed by atoms with van der Waals surface area (Å²) in [5.41, 5.74) is 0.162. The number of halogens is 2. The van der Waals surface area contributed by atoms with Crippen LogP contribution in [0, 0.1) is 14.3 Å². The van der Waals surface area contributed by atoms with E-state index in [4.69, 9.17) is 0 Å². The molecule has 0 radical (unpaired) electrons. The van der Waals surface area contributed by atoms with E-state index in [-0.39, 0.29) is 11.1 Å². The van der Waals surface area contributed by atoms with Gasteiger partial charge in [-0.05, 0) is 24.3 Å². The molecule has 0 atom stereocenters. The third kappa shape index (κ3) is 4.61. The van der Waals surface area contributed by atoms with Gasteiger partial charge in [0.05, 0.1) is 23.1 Å². The predicted octanol–water partition coefficient (Wildman–Crippen LogP) is -5.33. The van der Waals surface area contributed by atoms with Gasteiger partial charge in [-0.1, -0.05) is 36.4 Å². The number of carboxylic acid groups (broad SMARTS) is 2. The highest BCUT2D eigenvalue weighted by Crippen LogP contribution is 2.04. The van der Waals surface area contributed by atoms with Gasteiger partial charge in [-0.25, -0.2) is 0 Å². The Morgan fingerprint density at radius 2 is 0.962 bits per heavy atom. The molecule has 4 nitrogen and oxygen atoms in total. The van der Waals surface area contributed by atoms with Crippen LogP contribution >= 0.6 is 0 Å². The first-order chi connectivity index (χ1) is 12.5. The van der Waals surface area contributed by atoms with Gasteiger partial charge in [-0.15, -0.1) is 0 Å². The van der Waals surface area contributed by atoms with Crippen molar-refractivity contribution in [3.05, 3.63) is 98.2 Å². The Kier molecular flexibility index (Phi) is 6.25. The molecule has 3 aromatic carbocycles. The fourth-order valence-corrected chi connectivity index (χ4v) is 7.37. The number of hydrogen-bond donors (Lipinski definition) is 0. The van der Waals surface area contributed by atoms with Gasteiger partial charge in [0, 0.05) is 12.1 Å². The van der Waals surface area contributed by atoms with Crippen molar-refractivity contribution in [2.24, 2.45) is 0 Å². The van der Waals surface area contributed by atoms with Crippen molar-refractivity contribution in [1.82, 2.24) is 0 Å². The summed E-state index contributed by atoms with van der Waals surface area (Å²) in [7, 11) is 0. The highest BCUT2D eigenvalue weighted by atomic mass is 127. The van der Waals surface area contributed by atoms with Crippen LogP contribution in [0.1, 0.15) is 20.7 Å². The zero-order chi connectivity index (χ0) is 18.5. The molecule has 26 heavy (non-hydrogen) atoms. The van der Waals surface area contributed by atoms with Crippen molar-refractivity contribution in [2.75, 3.05) is 0 Å². The molecular weight excluding hydrogens is 558 g/mol. The Labute approximate surface area is 171 Å². The molecule has 0 amide bonds. The summed E-state index contributed by atoms with van der Waals surface area (Å²) in [6.45, 7) is 0. The summed E-state index contributed by atoms with van der Waals surface area (Å²) >= 11 is -1.68. The maximum absolute atomic E-state index is 11.7. The molecule has 0 aromatic heterocycles. The van der Waals surface area contributed by atoms with Crippen LogP contribution in [0.3, 0.4) is 0 Å². The predicted molar refractivity (Wildman–Crippen MR) is 82.8 cm³/mol. The van der Waals surface area contributed by atoms with E-state index in [9.17, 15) is 19.8 Å². The number of carbonyl (C=O) groups is 2. The minimum absolute atomic E-state index is 0.0808. The Balaban J connectivity index is 2.06. The third-order valence-electron chi connectivity index (χ3n) is 3.38. The highest BCUT2D eigenvalue weighted by molar-refractivity contribution is 5.89. The number of rotatable bonds is 6. The van der Waals surface area contributed by atoms with Crippen LogP contribution in [-0.2, 0) is 0 Å². The molecule has 0 unspecified atom stereocenters. The van der Waals surface area contributed by atoms with Crippen LogP contribution in [0.2, 0.25) is 0 Å². The van der Waals surface area contributed by atoms with Gasteiger partial charge in [0.15, 0.2) is 7.14 Å². The normalized spacial score (nSPS) is 10.5. The molecule has 3 aromatic rings. The maximum Gasteiger partial charge on any atom is 0.358 e. The Hall–Kier alpha value is -1.94. The fourth-order valence-electron chi connectivity index (χ4n) is 2.21. The van der Waals surface area contributed by atoms with Crippen LogP contribution in [0.4, 0.5) is 0 Å². The van der Waals surface area contributed by atoms with E-state index in [1.807, 2.05) is 60.7 Å². The van der Waals surface area contributed by atoms with E-state index in [1.54, 1.807) is 0 Å². The van der Waals surface area contributed by atoms with Crippen molar-refractivity contribution in [3.63, 3.8) is 0 Å². The van der Waals surface area contributed by atoms with Crippen molar-refractivity contribution >= 4 is 11.9 Å². The van der Waals surface area contributed by atoms with Gasteiger partial charge < -0.3 is 19.8 Å². The van der Waals surface area contributed by atoms with Crippen LogP contribution in [0.5, 0.6) is 0 Å². The van der Waals surface area contributed by atoms with Crippen molar-refractivity contribution in [1.29, 1.82) is 0 Å². The maximum atomic E-state index is 11.7. The van der Waals surface area contributed by atoms with Crippen molar-refractivity contribution < 1.29 is 62.2 Å². The topological polar surface area (TPSA) is 80.3 Å². The summed E-state index contributed by atoms with van der Waals surface area (Å²) in [4.78, 5) is 23.3. The van der Waals surface area contributed by atoms with Gasteiger partial charge in [0.25, 0.3) is 0 Å². The largest absolute Gasteiger partial charge is 0.545 e. The third-order valence-corrected chi connectivity index (χ3v) is 9.02. The van der Waals surface area contributed by atoms with E-state index < -0.39 is 54.3 Å². The molecule has 0 spiro atoms. The van der Waals surface area contributed by atoms with E-state index in [2.05, 4.69) is 0 Å². The second-order valence-corrected chi connectivity index (χ2v) is 11.1. The summed E-state index contributed by atoms with van der Waals surface area (Å²) in [5, 5.41) is 23.3. The quantitative estimate of drug-likeness (QED) is 0.278. The van der Waals surface area contributed by atoms with E-state index in [1.165, 1.54) is 12.1 Å². The summed E-state index contributed by atoms with van der Waals surface area (Å²) in [6, 6.07) is 21.9. The van der Waals surface area contributed by atoms with Gasteiger partial charge in [-0.2, -0.15) is 0 Å². The lowest BCUT2D eigenvalue weighted by Gasteiger charge is -2.07. The van der Waals surface area contributed by atoms with Crippen LogP contribution in [0.25, 0.3) is 0 Å². The first kappa shape index (κ1) is 18.8. The molecule has 0 saturated heterocycles. The second kappa shape index (κ2) is 8.63. The lowest BCUT2D eigenvalue weighted by molar-refractivity contribution is -0.604. The Morgan fingerprint density at radius 1 is 0.615 bits per heavy atom. The smallest absolute Gasteiger partial charge is 0.358 e. The average molecular weight is 570 g/mol. The molecule has 0 aliphatic heterocycles. The number of carboxylic acids is 2. The molecule has 0 aliphatic carbocycles. The van der Waals surface area contributed by atoms with E-state index >= 15 is 0 Å². The highest BCUT2D eigenvalue weighted by Gasteiger charge is 2.29. The average Bonchev–Trinajstić information content (AvgIpc) is 2.64. The lowest BCUT2D eigenvalue weighted by Crippen LogP contribution is -3.62. The molecular formula is C20H12I2O4. The standard InChI is InChI=1S/C20H12I2O4/c23-19(24)15-12-18(22-14-9-5-2-6-10-14)16(20(25)26)11-17(15)21-13-7-3-1-4-8-13/h1-12H. The molecule has 6 heteroatoms. The molecule has 0 bridgehead atoms. The summed E-state index contributed by atoms with van der Waals surface area (Å²) < 4.78 is 3.05. The zero-order valence-corrected chi connectivity index (χ0v) is 17.6. The summed E-state index contributed by atoms with van der Waals surface area (Å²) in [6.07, 6.45) is 0. The molecule has 0 fully saturated rings. The second-order valence-electron chi connectivity index (χ2n) is 5.17. The first-order valence-electron chi connectivity index (χ1n) is 7.55. The van der Waals surface area contributed by atoms with Gasteiger partial charge in [0.1, 0.15) is 0 Å². The Morgan fingerprint density at radius 3 is 1.27 bits per heavy atom. The SMILES string of the molecule is O=C([O-])c1cc([I+]c2ccccc2)c(C(=O)[O-])cc1[I+]c1ccccc1. The zero-order valence-electron chi connectivity index (χ0n) is 13.3. The monoisotopic (exact) mass is 570 g/mol. The van der Waals surface area contributed by atoms with Crippen LogP contribution < -0.4 is 52.6 Å². The first-order valence-corrected chi connectivity index (χ1v) is 11.9. The number of benzene rings is 3. The van der Waals surface area contributed by atoms with E-state index in [0.29, 0.717) is 7.14 Å². The molecule has 130 valence electrons. The van der Waals surface area contributed by atoms with E-state index in [0.717, 1.165) is 7.14 Å². The molecule has 3 rings (SSSR count). The lowest BCUT2D eigenvalue weighted by atomic mass is 10.1. The Bertz CT molecular complexity index is 862. The molecule has 0 heterocycles. The van der Waals surface area contributed by atoms with Gasteiger partial charge in [0.2, 0.25) is 7.14 Å². The number of hydrogen-bond acceptors (Lipinski definition) is 4. The molecule has 0 aliphatic rings. The van der Waals surface area contributed by atoms with Crippen molar-refractivity contribution in [3.8, 4) is 0 Å². The molecule has 0 N–H and O–H groups in total. The number of carbonyl (C=O) groups excluding carboxylic acids is 2. The van der Waals surface area contributed by atoms with Crippen molar-refractivity contribution in [2.45, 2.75) is 0 Å². The van der Waals surface area contributed by atoms with Crippen LogP contribution in [-0.4, -0.2) is 11.9 Å². The molecule has 0 saturated carbocycles. The number of aromatic carboxylic acids is 2. The van der Waals surface area contributed by atoms with Gasteiger partial charge in [-0.3, -0.25) is 0 Å².